The van der Waals surface area contributed by atoms with Crippen LogP contribution in [0.15, 0.2) is 60.7 Å². The molecule has 0 aliphatic rings. The zero-order chi connectivity index (χ0) is 17.0. The number of hydrogen-bond donors (Lipinski definition) is 0. The average molecular weight is 443 g/mol. The van der Waals surface area contributed by atoms with Crippen LogP contribution < -0.4 is 10.6 Å². The van der Waals surface area contributed by atoms with E-state index < -0.39 is 3.84 Å². The summed E-state index contributed by atoms with van der Waals surface area (Å²) in [6, 6.07) is 21.2. The van der Waals surface area contributed by atoms with Crippen LogP contribution in [0.3, 0.4) is 0 Å². The van der Waals surface area contributed by atoms with Crippen molar-refractivity contribution in [2.75, 3.05) is 26.7 Å². The van der Waals surface area contributed by atoms with Gasteiger partial charge in [-0.05, 0) is 37.3 Å². The van der Waals surface area contributed by atoms with Gasteiger partial charge in [-0.1, -0.05) is 76.5 Å². The summed E-state index contributed by atoms with van der Waals surface area (Å²) in [6.07, 6.45) is 0. The van der Waals surface area contributed by atoms with E-state index in [1.807, 2.05) is 18.3 Å². The normalized spacial score (nSPS) is 9.50. The first-order chi connectivity index (χ1) is 10.3. The van der Waals surface area contributed by atoms with Crippen molar-refractivity contribution >= 4 is 41.9 Å². The second-order valence-corrected chi connectivity index (χ2v) is 10.8. The molecule has 0 fully saturated rings. The summed E-state index contributed by atoms with van der Waals surface area (Å²) in [5.41, 5.74) is 0. The molecular formula is C17H22ClOP2Rh. The van der Waals surface area contributed by atoms with Gasteiger partial charge >= 0.3 is 38.5 Å². The molecule has 22 heavy (non-hydrogen) atoms. The molecule has 5 heteroatoms. The van der Waals surface area contributed by atoms with Crippen LogP contribution in [0.5, 0.6) is 0 Å². The molecular weight excluding hydrogens is 420 g/mol. The Morgan fingerprint density at radius 2 is 1.00 bits per heavy atom. The van der Waals surface area contributed by atoms with Crippen molar-refractivity contribution in [3.63, 3.8) is 0 Å². The molecule has 0 aliphatic heterocycles. The van der Waals surface area contributed by atoms with Crippen molar-refractivity contribution in [1.82, 2.24) is 0 Å². The van der Waals surface area contributed by atoms with Gasteiger partial charge in [0, 0.05) is 0 Å². The molecule has 0 saturated carbocycles. The Morgan fingerprint density at radius 1 is 0.773 bits per heavy atom. The van der Waals surface area contributed by atoms with E-state index in [0.29, 0.717) is 0 Å². The van der Waals surface area contributed by atoms with Crippen LogP contribution in [0.4, 0.5) is 4.79 Å². The first-order valence-corrected chi connectivity index (χ1v) is 12.3. The maximum absolute atomic E-state index is 9.16. The Labute approximate surface area is 152 Å². The van der Waals surface area contributed by atoms with Crippen LogP contribution in [-0.4, -0.2) is 30.5 Å². The Balaban J connectivity index is 0.000000326. The summed E-state index contributed by atoms with van der Waals surface area (Å²) in [6.45, 7) is 9.07. The monoisotopic (exact) mass is 442 g/mol. The second kappa shape index (κ2) is 13.3. The topological polar surface area (TPSA) is 17.1 Å². The van der Waals surface area contributed by atoms with Gasteiger partial charge in [0.15, 0.2) is 0 Å². The van der Waals surface area contributed by atoms with Crippen LogP contribution in [0.25, 0.3) is 0 Å². The van der Waals surface area contributed by atoms with Gasteiger partial charge in [-0.3, -0.25) is 0 Å². The van der Waals surface area contributed by atoms with E-state index in [1.165, 1.54) is 10.6 Å². The van der Waals surface area contributed by atoms with Crippen LogP contribution in [-0.2, 0) is 18.3 Å². The van der Waals surface area contributed by atoms with Crippen LogP contribution in [0.1, 0.15) is 0 Å². The molecule has 2 aromatic rings. The van der Waals surface area contributed by atoms with Gasteiger partial charge in [0.2, 0.25) is 0 Å². The fourth-order valence-electron chi connectivity index (χ4n) is 1.45. The van der Waals surface area contributed by atoms with E-state index in [4.69, 9.17) is 4.79 Å². The molecule has 2 rings (SSSR count). The summed E-state index contributed by atoms with van der Waals surface area (Å²) in [4.78, 5) is 9.16. The Morgan fingerprint density at radius 3 is 1.14 bits per heavy atom. The second-order valence-electron chi connectivity index (χ2n) is 4.67. The first kappa shape index (κ1) is 21.9. The SMILES string of the molecule is CP(C)c1ccccc1.CP(C)c1ccccc1.O=[C](Cl)[Rh]. The van der Waals surface area contributed by atoms with Gasteiger partial charge in [-0.2, -0.15) is 0 Å². The maximum atomic E-state index is 9.16. The molecule has 0 heterocycles. The van der Waals surface area contributed by atoms with Gasteiger partial charge in [0.05, 0.1) is 0 Å². The van der Waals surface area contributed by atoms with Gasteiger partial charge in [0.1, 0.15) is 0 Å². The minimum atomic E-state index is -0.471. The molecule has 0 bridgehead atoms. The summed E-state index contributed by atoms with van der Waals surface area (Å²) in [5, 5.41) is 2.96. The van der Waals surface area contributed by atoms with Crippen LogP contribution in [0.2, 0.25) is 0 Å². The molecule has 0 aromatic heterocycles. The van der Waals surface area contributed by atoms with E-state index in [-0.39, 0.29) is 15.8 Å². The Bertz CT molecular complexity index is 471. The Kier molecular flexibility index (Phi) is 13.3. The molecule has 0 radical (unpaired) electrons. The zero-order valence-electron chi connectivity index (χ0n) is 13.3. The van der Waals surface area contributed by atoms with E-state index in [9.17, 15) is 0 Å². The molecule has 0 amide bonds. The summed E-state index contributed by atoms with van der Waals surface area (Å²) >= 11 is 6.53. The molecule has 0 N–H and O–H groups in total. The molecule has 0 aliphatic carbocycles. The third kappa shape index (κ3) is 12.4. The number of carbonyl (C=O) groups excluding carboxylic acids is 1. The fraction of sp³-hybridized carbons (Fsp3) is 0.235. The number of hydrogen-bond acceptors (Lipinski definition) is 1. The summed E-state index contributed by atoms with van der Waals surface area (Å²) in [5.74, 6) is 0. The van der Waals surface area contributed by atoms with Crippen LogP contribution in [0, 0.1) is 0 Å². The quantitative estimate of drug-likeness (QED) is 0.363. The molecule has 0 saturated heterocycles. The molecule has 0 spiro atoms. The minimum absolute atomic E-state index is 0.104. The third-order valence-corrected chi connectivity index (χ3v) is 5.21. The van der Waals surface area contributed by atoms with E-state index >= 15 is 0 Å². The molecule has 2 aromatic carbocycles. The van der Waals surface area contributed by atoms with Crippen molar-refractivity contribution in [3.8, 4) is 0 Å². The molecule has 1 nitrogen and oxygen atoms in total. The van der Waals surface area contributed by atoms with Crippen LogP contribution >= 0.6 is 27.4 Å². The van der Waals surface area contributed by atoms with Crippen molar-refractivity contribution in [1.29, 1.82) is 0 Å². The third-order valence-electron chi connectivity index (χ3n) is 2.55. The van der Waals surface area contributed by atoms with Gasteiger partial charge in [-0.15, -0.1) is 0 Å². The van der Waals surface area contributed by atoms with E-state index in [1.54, 1.807) is 0 Å². The van der Waals surface area contributed by atoms with Gasteiger partial charge in [0.25, 0.3) is 0 Å². The zero-order valence-corrected chi connectivity index (χ0v) is 17.5. The summed E-state index contributed by atoms with van der Waals surface area (Å²) in [7, 11) is 0.209. The van der Waals surface area contributed by atoms with Crippen molar-refractivity contribution in [2.24, 2.45) is 0 Å². The number of halogens is 1. The molecule has 0 unspecified atom stereocenters. The number of rotatable bonds is 2. The van der Waals surface area contributed by atoms with Gasteiger partial charge in [-0.25, -0.2) is 0 Å². The number of benzene rings is 2. The predicted octanol–water partition coefficient (Wildman–Crippen LogP) is 5.00. The van der Waals surface area contributed by atoms with E-state index in [2.05, 4.69) is 98.9 Å². The van der Waals surface area contributed by atoms with Gasteiger partial charge < -0.3 is 0 Å². The standard InChI is InChI=1S/2C8H11P.CClO.Rh/c2*1-9(2)8-6-4-3-5-7-8;2-1-3;/h2*3-7H,1-2H3;;. The number of carbonyl (C=O) groups is 1. The summed E-state index contributed by atoms with van der Waals surface area (Å²) < 4.78 is -0.471. The van der Waals surface area contributed by atoms with Crippen molar-refractivity contribution < 1.29 is 23.1 Å². The predicted molar refractivity (Wildman–Crippen MR) is 101 cm³/mol. The Hall–Kier alpha value is -0.117. The molecule has 0 atom stereocenters. The van der Waals surface area contributed by atoms with E-state index in [0.717, 1.165) is 0 Å². The fourth-order valence-corrected chi connectivity index (χ4v) is 2.99. The van der Waals surface area contributed by atoms with Crippen molar-refractivity contribution in [2.45, 2.75) is 0 Å². The molecule has 122 valence electrons. The first-order valence-electron chi connectivity index (χ1n) is 6.62. The average Bonchev–Trinajstić information content (AvgIpc) is 2.49. The van der Waals surface area contributed by atoms with Crippen molar-refractivity contribution in [3.05, 3.63) is 60.7 Å².